The lowest BCUT2D eigenvalue weighted by Crippen LogP contribution is -2.29. The fourth-order valence-corrected chi connectivity index (χ4v) is 3.99. The molecule has 29 heavy (non-hydrogen) atoms. The summed E-state index contributed by atoms with van der Waals surface area (Å²) < 4.78 is 5.68. The van der Waals surface area contributed by atoms with Crippen LogP contribution in [0.1, 0.15) is 31.4 Å². The molecule has 0 spiro atoms. The van der Waals surface area contributed by atoms with Gasteiger partial charge in [-0.3, -0.25) is 14.6 Å². The largest absolute Gasteiger partial charge is 0.424 e. The van der Waals surface area contributed by atoms with Crippen LogP contribution in [-0.2, 0) is 22.4 Å². The fourth-order valence-electron chi connectivity index (χ4n) is 3.99. The van der Waals surface area contributed by atoms with Crippen molar-refractivity contribution in [3.8, 4) is 5.75 Å². The molecule has 2 heterocycles. The Morgan fingerprint density at radius 3 is 2.48 bits per heavy atom. The van der Waals surface area contributed by atoms with Crippen LogP contribution in [-0.4, -0.2) is 23.4 Å². The van der Waals surface area contributed by atoms with E-state index < -0.39 is 5.92 Å². The fraction of sp³-hybridized carbons (Fsp3) is 0.292. The first kappa shape index (κ1) is 19.1. The molecule has 1 amide bonds. The summed E-state index contributed by atoms with van der Waals surface area (Å²) in [5, 5.41) is 0.909. The van der Waals surface area contributed by atoms with Crippen LogP contribution in [0.5, 0.6) is 5.75 Å². The van der Waals surface area contributed by atoms with Crippen molar-refractivity contribution in [3.63, 3.8) is 0 Å². The van der Waals surface area contributed by atoms with Gasteiger partial charge in [-0.05, 0) is 36.1 Å². The Hall–Kier alpha value is -3.21. The first-order valence-corrected chi connectivity index (χ1v) is 10.1. The average molecular weight is 388 g/mol. The number of amides is 1. The maximum atomic E-state index is 12.9. The minimum atomic E-state index is -0.490. The smallest absolute Gasteiger partial charge is 0.316 e. The summed E-state index contributed by atoms with van der Waals surface area (Å²) in [5.74, 6) is -0.470. The molecule has 0 N–H and O–H groups in total. The standard InChI is InChI=1S/C24H24N2O3/c1-3-16-8-5-9-17(4-2)23(16)26-15-19(14-21(26)27)24(28)29-20-12-6-10-18-11-7-13-25-22(18)20/h5-13,19H,3-4,14-15H2,1-2H3/t19-/m0/s1. The number of carbonyl (C=O) groups is 2. The van der Waals surface area contributed by atoms with Crippen LogP contribution >= 0.6 is 0 Å². The third-order valence-corrected chi connectivity index (χ3v) is 5.50. The van der Waals surface area contributed by atoms with Gasteiger partial charge in [-0.2, -0.15) is 0 Å². The van der Waals surface area contributed by atoms with Gasteiger partial charge in [-0.25, -0.2) is 0 Å². The average Bonchev–Trinajstić information content (AvgIpc) is 3.14. The number of para-hydroxylation sites is 2. The molecule has 3 aromatic rings. The molecule has 0 aliphatic carbocycles. The van der Waals surface area contributed by atoms with Crippen molar-refractivity contribution < 1.29 is 14.3 Å². The third kappa shape index (κ3) is 3.60. The van der Waals surface area contributed by atoms with Crippen LogP contribution in [0.4, 0.5) is 5.69 Å². The van der Waals surface area contributed by atoms with E-state index in [0.717, 1.165) is 35.0 Å². The highest BCUT2D eigenvalue weighted by molar-refractivity contribution is 6.01. The lowest BCUT2D eigenvalue weighted by atomic mass is 10.0. The van der Waals surface area contributed by atoms with E-state index in [9.17, 15) is 9.59 Å². The number of aryl methyl sites for hydroxylation is 2. The Morgan fingerprint density at radius 1 is 1.07 bits per heavy atom. The van der Waals surface area contributed by atoms with Crippen molar-refractivity contribution in [2.45, 2.75) is 33.1 Å². The third-order valence-electron chi connectivity index (χ3n) is 5.50. The summed E-state index contributed by atoms with van der Waals surface area (Å²) in [5.41, 5.74) is 3.87. The van der Waals surface area contributed by atoms with Crippen LogP contribution < -0.4 is 9.64 Å². The van der Waals surface area contributed by atoms with Crippen molar-refractivity contribution in [1.82, 2.24) is 4.98 Å². The quantitative estimate of drug-likeness (QED) is 0.482. The molecule has 1 aliphatic rings. The number of aromatic nitrogens is 1. The lowest BCUT2D eigenvalue weighted by molar-refractivity contribution is -0.139. The summed E-state index contributed by atoms with van der Waals surface area (Å²) in [6, 6.07) is 15.4. The first-order valence-electron chi connectivity index (χ1n) is 10.1. The van der Waals surface area contributed by atoms with Crippen molar-refractivity contribution in [1.29, 1.82) is 0 Å². The molecule has 0 unspecified atom stereocenters. The summed E-state index contributed by atoms with van der Waals surface area (Å²) in [6.07, 6.45) is 3.51. The topological polar surface area (TPSA) is 59.5 Å². The molecule has 4 rings (SSSR count). The number of rotatable bonds is 5. The molecule has 1 aromatic heterocycles. The van der Waals surface area contributed by atoms with Crippen molar-refractivity contribution in [2.24, 2.45) is 5.92 Å². The van der Waals surface area contributed by atoms with Gasteiger partial charge in [0.1, 0.15) is 5.52 Å². The van der Waals surface area contributed by atoms with Crippen LogP contribution in [0, 0.1) is 5.92 Å². The second-order valence-electron chi connectivity index (χ2n) is 7.29. The van der Waals surface area contributed by atoms with E-state index in [-0.39, 0.29) is 18.3 Å². The molecule has 1 fully saturated rings. The summed E-state index contributed by atoms with van der Waals surface area (Å²) in [4.78, 5) is 31.8. The van der Waals surface area contributed by atoms with E-state index in [1.807, 2.05) is 30.3 Å². The van der Waals surface area contributed by atoms with Gasteiger partial charge < -0.3 is 9.64 Å². The highest BCUT2D eigenvalue weighted by Crippen LogP contribution is 2.33. The lowest BCUT2D eigenvalue weighted by Gasteiger charge is -2.23. The molecule has 0 bridgehead atoms. The van der Waals surface area contributed by atoms with E-state index in [1.165, 1.54) is 0 Å². The number of pyridine rings is 1. The van der Waals surface area contributed by atoms with Crippen LogP contribution in [0.3, 0.4) is 0 Å². The Labute approximate surface area is 170 Å². The summed E-state index contributed by atoms with van der Waals surface area (Å²) in [6.45, 7) is 4.51. The van der Waals surface area contributed by atoms with E-state index in [4.69, 9.17) is 4.74 Å². The van der Waals surface area contributed by atoms with Gasteiger partial charge in [0.05, 0.1) is 5.92 Å². The molecular formula is C24H24N2O3. The zero-order valence-corrected chi connectivity index (χ0v) is 16.7. The van der Waals surface area contributed by atoms with Crippen LogP contribution in [0.2, 0.25) is 0 Å². The summed E-state index contributed by atoms with van der Waals surface area (Å²) >= 11 is 0. The van der Waals surface area contributed by atoms with Gasteiger partial charge in [0.2, 0.25) is 5.91 Å². The van der Waals surface area contributed by atoms with E-state index in [2.05, 4.69) is 31.0 Å². The molecule has 1 atom stereocenters. The second-order valence-corrected chi connectivity index (χ2v) is 7.29. The van der Waals surface area contributed by atoms with Gasteiger partial charge in [-0.15, -0.1) is 0 Å². The molecule has 5 nitrogen and oxygen atoms in total. The molecule has 1 saturated heterocycles. The monoisotopic (exact) mass is 388 g/mol. The van der Waals surface area contributed by atoms with E-state index in [0.29, 0.717) is 17.8 Å². The molecule has 2 aromatic carbocycles. The number of benzene rings is 2. The maximum Gasteiger partial charge on any atom is 0.316 e. The second kappa shape index (κ2) is 8.03. The van der Waals surface area contributed by atoms with E-state index >= 15 is 0 Å². The minimum absolute atomic E-state index is 0.0291. The van der Waals surface area contributed by atoms with Gasteiger partial charge in [-0.1, -0.05) is 50.2 Å². The Kier molecular flexibility index (Phi) is 5.30. The van der Waals surface area contributed by atoms with Crippen molar-refractivity contribution in [3.05, 3.63) is 65.9 Å². The van der Waals surface area contributed by atoms with Gasteiger partial charge in [0.25, 0.3) is 0 Å². The minimum Gasteiger partial charge on any atom is -0.424 e. The maximum absolute atomic E-state index is 12.9. The van der Waals surface area contributed by atoms with Gasteiger partial charge >= 0.3 is 5.97 Å². The highest BCUT2D eigenvalue weighted by atomic mass is 16.5. The van der Waals surface area contributed by atoms with Crippen LogP contribution in [0.25, 0.3) is 10.9 Å². The predicted molar refractivity (Wildman–Crippen MR) is 113 cm³/mol. The van der Waals surface area contributed by atoms with Gasteiger partial charge in [0.15, 0.2) is 5.75 Å². The predicted octanol–water partition coefficient (Wildman–Crippen LogP) is 4.32. The van der Waals surface area contributed by atoms with E-state index in [1.54, 1.807) is 17.2 Å². The molecule has 0 radical (unpaired) electrons. The number of hydrogen-bond acceptors (Lipinski definition) is 4. The number of fused-ring (bicyclic) bond motifs is 1. The number of hydrogen-bond donors (Lipinski definition) is 0. The molecular weight excluding hydrogens is 364 g/mol. The van der Waals surface area contributed by atoms with Gasteiger partial charge in [0, 0.05) is 30.2 Å². The Bertz CT molecular complexity index is 1050. The number of ether oxygens (including phenoxy) is 1. The molecule has 0 saturated carbocycles. The highest BCUT2D eigenvalue weighted by Gasteiger charge is 2.38. The van der Waals surface area contributed by atoms with Crippen molar-refractivity contribution in [2.75, 3.05) is 11.4 Å². The Morgan fingerprint density at radius 2 is 1.76 bits per heavy atom. The van der Waals surface area contributed by atoms with Crippen molar-refractivity contribution >= 4 is 28.5 Å². The molecule has 148 valence electrons. The number of carbonyl (C=O) groups excluding carboxylic acids is 2. The SMILES string of the molecule is CCc1cccc(CC)c1N1C[C@@H](C(=O)Oc2cccc3cccnc23)CC1=O. The Balaban J connectivity index is 1.58. The first-order chi connectivity index (χ1) is 14.1. The number of esters is 1. The normalized spacial score (nSPS) is 16.4. The van der Waals surface area contributed by atoms with Crippen LogP contribution in [0.15, 0.2) is 54.7 Å². The molecule has 5 heteroatoms. The zero-order chi connectivity index (χ0) is 20.4. The summed E-state index contributed by atoms with van der Waals surface area (Å²) in [7, 11) is 0. The zero-order valence-electron chi connectivity index (χ0n) is 16.7. The molecule has 1 aliphatic heterocycles. The number of nitrogens with zero attached hydrogens (tertiary/aromatic N) is 2. The number of anilines is 1.